The van der Waals surface area contributed by atoms with Gasteiger partial charge in [-0.15, -0.1) is 0 Å². The van der Waals surface area contributed by atoms with Crippen LogP contribution in [0.15, 0.2) is 22.9 Å². The minimum absolute atomic E-state index is 0.0511. The van der Waals surface area contributed by atoms with E-state index in [1.165, 1.54) is 0 Å². The molecule has 100 valence electrons. The Morgan fingerprint density at radius 3 is 2.83 bits per heavy atom. The number of nitrogens with one attached hydrogen (secondary N) is 2. The Morgan fingerprint density at radius 2 is 2.22 bits per heavy atom. The third-order valence-electron chi connectivity index (χ3n) is 2.02. The summed E-state index contributed by atoms with van der Waals surface area (Å²) >= 11 is 3.15. The van der Waals surface area contributed by atoms with Crippen molar-refractivity contribution in [2.75, 3.05) is 18.8 Å². The number of hydrogen-bond donors (Lipinski definition) is 2. The summed E-state index contributed by atoms with van der Waals surface area (Å²) in [5.74, 6) is -0.508. The first-order chi connectivity index (χ1) is 8.46. The lowest BCUT2D eigenvalue weighted by molar-refractivity contribution is 0.0955. The van der Waals surface area contributed by atoms with E-state index in [1.54, 1.807) is 25.3 Å². The average Bonchev–Trinajstić information content (AvgIpc) is 2.29. The minimum atomic E-state index is -3.31. The maximum atomic E-state index is 11.7. The molecule has 0 saturated heterocycles. The first-order valence-corrected chi connectivity index (χ1v) is 7.77. The van der Waals surface area contributed by atoms with Crippen LogP contribution in [0, 0.1) is 0 Å². The zero-order chi connectivity index (χ0) is 13.6. The second kappa shape index (κ2) is 6.81. The number of rotatable bonds is 6. The summed E-state index contributed by atoms with van der Waals surface area (Å²) < 4.78 is 25.4. The van der Waals surface area contributed by atoms with E-state index >= 15 is 0 Å². The average molecular weight is 336 g/mol. The van der Waals surface area contributed by atoms with E-state index < -0.39 is 10.0 Å². The zero-order valence-corrected chi connectivity index (χ0v) is 12.2. The summed E-state index contributed by atoms with van der Waals surface area (Å²) in [7, 11) is -3.31. The van der Waals surface area contributed by atoms with Crippen molar-refractivity contribution in [3.8, 4) is 0 Å². The second-order valence-electron chi connectivity index (χ2n) is 3.41. The van der Waals surface area contributed by atoms with E-state index in [0.717, 1.165) is 0 Å². The molecule has 6 nitrogen and oxygen atoms in total. The molecular weight excluding hydrogens is 322 g/mol. The molecule has 0 aliphatic heterocycles. The maximum Gasteiger partial charge on any atom is 0.254 e. The molecule has 18 heavy (non-hydrogen) atoms. The molecule has 0 aliphatic carbocycles. The number of sulfonamides is 1. The van der Waals surface area contributed by atoms with Crippen LogP contribution in [0.2, 0.25) is 0 Å². The quantitative estimate of drug-likeness (QED) is 0.741. The van der Waals surface area contributed by atoms with Gasteiger partial charge in [0.05, 0.1) is 11.3 Å². The van der Waals surface area contributed by atoms with Crippen LogP contribution in [0.3, 0.4) is 0 Å². The van der Waals surface area contributed by atoms with Crippen molar-refractivity contribution in [1.29, 1.82) is 0 Å². The molecule has 1 amide bonds. The van der Waals surface area contributed by atoms with Gasteiger partial charge in [0.2, 0.25) is 10.0 Å². The van der Waals surface area contributed by atoms with Crippen LogP contribution >= 0.6 is 15.9 Å². The summed E-state index contributed by atoms with van der Waals surface area (Å²) in [6.45, 7) is 2.09. The third-order valence-corrected chi connectivity index (χ3v) is 4.13. The van der Waals surface area contributed by atoms with E-state index in [4.69, 9.17) is 0 Å². The van der Waals surface area contributed by atoms with Gasteiger partial charge in [-0.1, -0.05) is 6.92 Å². The van der Waals surface area contributed by atoms with Crippen molar-refractivity contribution >= 4 is 31.9 Å². The fourth-order valence-electron chi connectivity index (χ4n) is 1.24. The maximum absolute atomic E-state index is 11.7. The SMILES string of the molecule is CCNS(=O)(=O)CCNC(=O)c1cccnc1Br. The summed E-state index contributed by atoms with van der Waals surface area (Å²) in [6.07, 6.45) is 1.55. The normalized spacial score (nSPS) is 11.2. The molecule has 8 heteroatoms. The summed E-state index contributed by atoms with van der Waals surface area (Å²) in [5, 5.41) is 2.53. The van der Waals surface area contributed by atoms with Crippen LogP contribution in [0.25, 0.3) is 0 Å². The lowest BCUT2D eigenvalue weighted by Crippen LogP contribution is -2.34. The Hall–Kier alpha value is -0.990. The first kappa shape index (κ1) is 15.1. The smallest absolute Gasteiger partial charge is 0.254 e. The second-order valence-corrected chi connectivity index (χ2v) is 6.09. The van der Waals surface area contributed by atoms with Gasteiger partial charge < -0.3 is 5.32 Å². The molecule has 0 unspecified atom stereocenters. The predicted molar refractivity (Wildman–Crippen MR) is 71.7 cm³/mol. The molecule has 1 aromatic rings. The van der Waals surface area contributed by atoms with Gasteiger partial charge >= 0.3 is 0 Å². The van der Waals surface area contributed by atoms with Gasteiger partial charge in [-0.05, 0) is 28.1 Å². The monoisotopic (exact) mass is 335 g/mol. The molecular formula is C10H14BrN3O3S. The molecule has 0 fully saturated rings. The highest BCUT2D eigenvalue weighted by Crippen LogP contribution is 2.11. The van der Waals surface area contributed by atoms with Crippen molar-refractivity contribution in [3.63, 3.8) is 0 Å². The molecule has 0 saturated carbocycles. The highest BCUT2D eigenvalue weighted by atomic mass is 79.9. The van der Waals surface area contributed by atoms with Crippen LogP contribution < -0.4 is 10.0 Å². The Labute approximate surface area is 114 Å². The van der Waals surface area contributed by atoms with E-state index in [-0.39, 0.29) is 18.2 Å². The zero-order valence-electron chi connectivity index (χ0n) is 9.81. The van der Waals surface area contributed by atoms with Crippen molar-refractivity contribution in [3.05, 3.63) is 28.5 Å². The van der Waals surface area contributed by atoms with Crippen molar-refractivity contribution in [1.82, 2.24) is 15.0 Å². The Bertz CT molecular complexity index is 519. The van der Waals surface area contributed by atoms with Gasteiger partial charge in [-0.2, -0.15) is 0 Å². The number of nitrogens with zero attached hydrogens (tertiary/aromatic N) is 1. The Morgan fingerprint density at radius 1 is 1.50 bits per heavy atom. The van der Waals surface area contributed by atoms with E-state index in [0.29, 0.717) is 16.7 Å². The van der Waals surface area contributed by atoms with E-state index in [9.17, 15) is 13.2 Å². The van der Waals surface area contributed by atoms with Gasteiger partial charge in [-0.25, -0.2) is 18.1 Å². The number of halogens is 1. The number of aromatic nitrogens is 1. The fourth-order valence-corrected chi connectivity index (χ4v) is 2.63. The molecule has 0 radical (unpaired) electrons. The minimum Gasteiger partial charge on any atom is -0.351 e. The molecule has 2 N–H and O–H groups in total. The van der Waals surface area contributed by atoms with E-state index in [1.807, 2.05) is 0 Å². The third kappa shape index (κ3) is 4.71. The van der Waals surface area contributed by atoms with Crippen LogP contribution in [0.5, 0.6) is 0 Å². The van der Waals surface area contributed by atoms with Crippen LogP contribution in [0.1, 0.15) is 17.3 Å². The molecule has 0 aromatic carbocycles. The lowest BCUT2D eigenvalue weighted by atomic mass is 10.3. The van der Waals surface area contributed by atoms with Gasteiger partial charge in [-0.3, -0.25) is 4.79 Å². The Balaban J connectivity index is 2.51. The number of carbonyl (C=O) groups is 1. The molecule has 0 aliphatic rings. The number of amides is 1. The summed E-state index contributed by atoms with van der Waals surface area (Å²) in [4.78, 5) is 15.6. The molecule has 0 atom stereocenters. The van der Waals surface area contributed by atoms with Crippen LogP contribution in [-0.4, -0.2) is 38.2 Å². The lowest BCUT2D eigenvalue weighted by Gasteiger charge is -2.07. The van der Waals surface area contributed by atoms with Crippen LogP contribution in [-0.2, 0) is 10.0 Å². The Kier molecular flexibility index (Phi) is 5.70. The van der Waals surface area contributed by atoms with Gasteiger partial charge in [0.15, 0.2) is 0 Å². The van der Waals surface area contributed by atoms with Crippen LogP contribution in [0.4, 0.5) is 0 Å². The van der Waals surface area contributed by atoms with Gasteiger partial charge in [0.1, 0.15) is 4.60 Å². The fraction of sp³-hybridized carbons (Fsp3) is 0.400. The standard InChI is InChI=1S/C10H14BrN3O3S/c1-2-14-18(16,17)7-6-13-10(15)8-4-3-5-12-9(8)11/h3-5,14H,2,6-7H2,1H3,(H,13,15). The molecule has 0 spiro atoms. The summed E-state index contributed by atoms with van der Waals surface area (Å²) in [6, 6.07) is 3.24. The number of pyridine rings is 1. The predicted octanol–water partition coefficient (Wildman–Crippen LogP) is 0.513. The summed E-state index contributed by atoms with van der Waals surface area (Å²) in [5.41, 5.74) is 0.373. The van der Waals surface area contributed by atoms with Crippen molar-refractivity contribution in [2.24, 2.45) is 0 Å². The molecule has 1 rings (SSSR count). The number of hydrogen-bond acceptors (Lipinski definition) is 4. The van der Waals surface area contributed by atoms with E-state index in [2.05, 4.69) is 31.0 Å². The van der Waals surface area contributed by atoms with Gasteiger partial charge in [0.25, 0.3) is 5.91 Å². The topological polar surface area (TPSA) is 88.2 Å². The van der Waals surface area contributed by atoms with Crippen molar-refractivity contribution < 1.29 is 13.2 Å². The highest BCUT2D eigenvalue weighted by molar-refractivity contribution is 9.10. The van der Waals surface area contributed by atoms with Crippen molar-refractivity contribution in [2.45, 2.75) is 6.92 Å². The largest absolute Gasteiger partial charge is 0.351 e. The molecule has 0 bridgehead atoms. The highest BCUT2D eigenvalue weighted by Gasteiger charge is 2.12. The first-order valence-electron chi connectivity index (χ1n) is 5.32. The molecule has 1 aromatic heterocycles. The number of carbonyl (C=O) groups excluding carboxylic acids is 1. The van der Waals surface area contributed by atoms with Gasteiger partial charge in [0, 0.05) is 19.3 Å². The molecule has 1 heterocycles.